The maximum Gasteiger partial charge on any atom is 0.266 e. The van der Waals surface area contributed by atoms with Crippen LogP contribution in [0.3, 0.4) is 0 Å². The second kappa shape index (κ2) is 2.24. The molecule has 0 radical (unpaired) electrons. The van der Waals surface area contributed by atoms with Crippen LogP contribution in [0.25, 0.3) is 0 Å². The second-order valence-electron chi connectivity index (χ2n) is 2.71. The van der Waals surface area contributed by atoms with E-state index in [1.165, 1.54) is 13.8 Å². The predicted molar refractivity (Wildman–Crippen MR) is 34.7 cm³/mol. The minimum Gasteiger partial charge on any atom is -0.325 e. The Labute approximate surface area is 54.8 Å². The average molecular weight is 153 g/mol. The molecule has 9 heavy (non-hydrogen) atoms. The number of nitrogens with two attached hydrogens (primary N) is 1. The Morgan fingerprint density at radius 1 is 1.56 bits per heavy atom. The lowest BCUT2D eigenvalue weighted by atomic mass is 10.1. The molecule has 0 spiro atoms. The normalized spacial score (nSPS) is 13.8. The van der Waals surface area contributed by atoms with Crippen molar-refractivity contribution in [1.82, 2.24) is 0 Å². The molecular weight excluding hydrogens is 142 g/mol. The van der Waals surface area contributed by atoms with Crippen molar-refractivity contribution in [2.24, 2.45) is 5.73 Å². The van der Waals surface area contributed by atoms with Gasteiger partial charge in [0.15, 0.2) is 0 Å². The summed E-state index contributed by atoms with van der Waals surface area (Å²) in [4.78, 5) is 0. The van der Waals surface area contributed by atoms with Crippen LogP contribution in [-0.4, -0.2) is 24.3 Å². The minimum atomic E-state index is -3.91. The van der Waals surface area contributed by atoms with Crippen molar-refractivity contribution in [1.29, 1.82) is 0 Å². The molecule has 0 saturated carbocycles. The van der Waals surface area contributed by atoms with Gasteiger partial charge in [0.2, 0.25) is 0 Å². The molecule has 0 aromatic carbocycles. The molecule has 0 unspecified atom stereocenters. The van der Waals surface area contributed by atoms with Crippen LogP contribution in [0.4, 0.5) is 0 Å². The van der Waals surface area contributed by atoms with Gasteiger partial charge in [0, 0.05) is 5.54 Å². The Bertz CT molecular complexity index is 176. The van der Waals surface area contributed by atoms with Gasteiger partial charge >= 0.3 is 0 Å². The van der Waals surface area contributed by atoms with Gasteiger partial charge in [0.25, 0.3) is 10.1 Å². The number of hydrogen-bond acceptors (Lipinski definition) is 3. The van der Waals surface area contributed by atoms with E-state index in [0.717, 1.165) is 0 Å². The van der Waals surface area contributed by atoms with E-state index in [-0.39, 0.29) is 0 Å². The highest BCUT2D eigenvalue weighted by Crippen LogP contribution is 1.99. The van der Waals surface area contributed by atoms with Crippen LogP contribution in [0.2, 0.25) is 0 Å². The van der Waals surface area contributed by atoms with Crippen molar-refractivity contribution in [3.8, 4) is 0 Å². The largest absolute Gasteiger partial charge is 0.325 e. The maximum atomic E-state index is 10.1. The molecule has 0 aliphatic heterocycles. The zero-order chi connectivity index (χ0) is 7.71. The second-order valence-corrected chi connectivity index (χ2v) is 4.17. The molecule has 0 amide bonds. The molecule has 0 heterocycles. The van der Waals surface area contributed by atoms with Gasteiger partial charge in [0.05, 0.1) is 5.75 Å². The van der Waals surface area contributed by atoms with E-state index < -0.39 is 21.4 Å². The van der Waals surface area contributed by atoms with Crippen LogP contribution in [0.1, 0.15) is 13.8 Å². The fourth-order valence-corrected chi connectivity index (χ4v) is 1.41. The molecule has 56 valence electrons. The van der Waals surface area contributed by atoms with Crippen LogP contribution in [0, 0.1) is 0 Å². The molecule has 0 aromatic heterocycles. The summed E-state index contributed by atoms with van der Waals surface area (Å²) < 4.78 is 28.5. The zero-order valence-electron chi connectivity index (χ0n) is 5.46. The lowest BCUT2D eigenvalue weighted by molar-refractivity contribution is 0.460. The van der Waals surface area contributed by atoms with Crippen molar-refractivity contribution in [2.75, 3.05) is 5.75 Å². The molecule has 0 rings (SSSR count). The molecular formula is C4H11NO3S. The van der Waals surface area contributed by atoms with E-state index in [4.69, 9.17) is 10.3 Å². The molecule has 0 aliphatic carbocycles. The van der Waals surface area contributed by atoms with Crippen molar-refractivity contribution in [3.05, 3.63) is 0 Å². The monoisotopic (exact) mass is 153 g/mol. The Kier molecular flexibility index (Phi) is 2.21. The summed E-state index contributed by atoms with van der Waals surface area (Å²) in [7, 11) is -3.91. The van der Waals surface area contributed by atoms with Gasteiger partial charge in [-0.25, -0.2) is 0 Å². The molecule has 0 aromatic rings. The van der Waals surface area contributed by atoms with Crippen LogP contribution in [-0.2, 0) is 10.1 Å². The molecule has 5 heteroatoms. The first-order valence-electron chi connectivity index (χ1n) is 2.45. The molecule has 3 N–H and O–H groups in total. The first-order chi connectivity index (χ1) is 3.71. The smallest absolute Gasteiger partial charge is 0.266 e. The van der Waals surface area contributed by atoms with E-state index in [2.05, 4.69) is 0 Å². The standard InChI is InChI=1S/C4H11NO3S/c1-4(2,5)3-9(6,7)8/h3,5H2,1-2H3,(H,6,7,8). The Hall–Kier alpha value is -0.130. The molecule has 0 saturated heterocycles. The van der Waals surface area contributed by atoms with Gasteiger partial charge in [-0.3, -0.25) is 4.55 Å². The summed E-state index contributed by atoms with van der Waals surface area (Å²) in [6.07, 6.45) is 0. The first-order valence-corrected chi connectivity index (χ1v) is 4.06. The van der Waals surface area contributed by atoms with Crippen LogP contribution in [0.15, 0.2) is 0 Å². The third kappa shape index (κ3) is 7.87. The van der Waals surface area contributed by atoms with E-state index in [1.807, 2.05) is 0 Å². The van der Waals surface area contributed by atoms with Gasteiger partial charge in [-0.05, 0) is 13.8 Å². The van der Waals surface area contributed by atoms with Gasteiger partial charge < -0.3 is 5.73 Å². The fraction of sp³-hybridized carbons (Fsp3) is 1.00. The maximum absolute atomic E-state index is 10.1. The van der Waals surface area contributed by atoms with Gasteiger partial charge in [0.1, 0.15) is 0 Å². The fourth-order valence-electron chi connectivity index (χ4n) is 0.470. The van der Waals surface area contributed by atoms with Crippen molar-refractivity contribution >= 4 is 10.1 Å². The van der Waals surface area contributed by atoms with E-state index in [0.29, 0.717) is 0 Å². The summed E-state index contributed by atoms with van der Waals surface area (Å²) in [5.41, 5.74) is 4.43. The number of hydrogen-bond donors (Lipinski definition) is 2. The Morgan fingerprint density at radius 2 is 1.89 bits per heavy atom. The van der Waals surface area contributed by atoms with Gasteiger partial charge in [-0.1, -0.05) is 0 Å². The SMILES string of the molecule is CC(C)(N)CS(=O)(=O)O. The highest BCUT2D eigenvalue weighted by Gasteiger charge is 2.18. The predicted octanol–water partition coefficient (Wildman–Crippen LogP) is -0.388. The minimum absolute atomic E-state index is 0.403. The third-order valence-corrected chi connectivity index (χ3v) is 1.66. The van der Waals surface area contributed by atoms with Crippen molar-refractivity contribution in [2.45, 2.75) is 19.4 Å². The van der Waals surface area contributed by atoms with Crippen LogP contribution < -0.4 is 5.73 Å². The van der Waals surface area contributed by atoms with Gasteiger partial charge in [-0.2, -0.15) is 8.42 Å². The molecule has 0 bridgehead atoms. The third-order valence-electron chi connectivity index (χ3n) is 0.554. The molecule has 0 aliphatic rings. The van der Waals surface area contributed by atoms with E-state index in [1.54, 1.807) is 0 Å². The van der Waals surface area contributed by atoms with Crippen molar-refractivity contribution < 1.29 is 13.0 Å². The van der Waals surface area contributed by atoms with Gasteiger partial charge in [-0.15, -0.1) is 0 Å². The first kappa shape index (κ1) is 8.87. The molecule has 0 atom stereocenters. The Balaban J connectivity index is 4.07. The summed E-state index contributed by atoms with van der Waals surface area (Å²) >= 11 is 0. The highest BCUT2D eigenvalue weighted by molar-refractivity contribution is 7.85. The average Bonchev–Trinajstić information content (AvgIpc) is 1.14. The van der Waals surface area contributed by atoms with Crippen LogP contribution in [0.5, 0.6) is 0 Å². The van der Waals surface area contributed by atoms with Crippen LogP contribution >= 0.6 is 0 Å². The topological polar surface area (TPSA) is 80.4 Å². The molecule has 0 fully saturated rings. The summed E-state index contributed by atoms with van der Waals surface area (Å²) in [6, 6.07) is 0. The quantitative estimate of drug-likeness (QED) is 0.529. The Morgan fingerprint density at radius 3 is 1.89 bits per heavy atom. The zero-order valence-corrected chi connectivity index (χ0v) is 6.27. The summed E-state index contributed by atoms with van der Waals surface area (Å²) in [5.74, 6) is -0.403. The highest BCUT2D eigenvalue weighted by atomic mass is 32.2. The lowest BCUT2D eigenvalue weighted by Crippen LogP contribution is -2.39. The summed E-state index contributed by atoms with van der Waals surface area (Å²) in [5, 5.41) is 0. The van der Waals surface area contributed by atoms with E-state index >= 15 is 0 Å². The lowest BCUT2D eigenvalue weighted by Gasteiger charge is -2.14. The van der Waals surface area contributed by atoms with Crippen molar-refractivity contribution in [3.63, 3.8) is 0 Å². The van der Waals surface area contributed by atoms with E-state index in [9.17, 15) is 8.42 Å². The molecule has 4 nitrogen and oxygen atoms in total. The number of rotatable bonds is 2. The summed E-state index contributed by atoms with van der Waals surface area (Å²) in [6.45, 7) is 3.06.